The fraction of sp³-hybridized carbons (Fsp3) is 0.333. The van der Waals surface area contributed by atoms with Crippen LogP contribution in [0.3, 0.4) is 0 Å². The summed E-state index contributed by atoms with van der Waals surface area (Å²) in [5.41, 5.74) is 8.09. The van der Waals surface area contributed by atoms with E-state index in [1.807, 2.05) is 19.1 Å². The van der Waals surface area contributed by atoms with Crippen molar-refractivity contribution in [1.29, 1.82) is 0 Å². The molecule has 2 aromatic rings. The van der Waals surface area contributed by atoms with Crippen LogP contribution in [0.4, 0.5) is 0 Å². The molecular formula is C12H15N3O. The maximum Gasteiger partial charge on any atom is 0.243 e. The molecule has 1 aromatic carbocycles. The number of nitrogens with zero attached hydrogens (tertiary/aromatic N) is 2. The van der Waals surface area contributed by atoms with Gasteiger partial charge in [-0.2, -0.15) is 4.98 Å². The van der Waals surface area contributed by atoms with Crippen LogP contribution in [0.2, 0.25) is 0 Å². The molecule has 0 saturated carbocycles. The van der Waals surface area contributed by atoms with Crippen LogP contribution >= 0.6 is 0 Å². The molecule has 0 saturated heterocycles. The molecule has 0 aliphatic carbocycles. The predicted octanol–water partition coefficient (Wildman–Crippen LogP) is 1.99. The Morgan fingerprint density at radius 1 is 1.38 bits per heavy atom. The minimum Gasteiger partial charge on any atom is -0.338 e. The summed E-state index contributed by atoms with van der Waals surface area (Å²) in [5.74, 6) is 1.17. The lowest BCUT2D eigenvalue weighted by molar-refractivity contribution is 0.358. The Hall–Kier alpha value is -1.68. The summed E-state index contributed by atoms with van der Waals surface area (Å²) in [6.45, 7) is 3.90. The average molecular weight is 217 g/mol. The summed E-state index contributed by atoms with van der Waals surface area (Å²) < 4.78 is 5.05. The van der Waals surface area contributed by atoms with Gasteiger partial charge in [-0.05, 0) is 25.0 Å². The van der Waals surface area contributed by atoms with Gasteiger partial charge in [0.25, 0.3) is 0 Å². The summed E-state index contributed by atoms with van der Waals surface area (Å²) in [4.78, 5) is 4.24. The molecule has 2 rings (SSSR count). The first-order valence-electron chi connectivity index (χ1n) is 5.29. The van der Waals surface area contributed by atoms with E-state index in [2.05, 4.69) is 29.2 Å². The Morgan fingerprint density at radius 3 is 2.75 bits per heavy atom. The van der Waals surface area contributed by atoms with E-state index in [9.17, 15) is 0 Å². The van der Waals surface area contributed by atoms with Crippen LogP contribution in [-0.2, 0) is 6.42 Å². The van der Waals surface area contributed by atoms with Crippen molar-refractivity contribution in [2.24, 2.45) is 5.73 Å². The SMILES string of the molecule is Cc1ccccc1Cc1noc([C@H](C)N)n1. The fourth-order valence-corrected chi connectivity index (χ4v) is 1.50. The molecule has 84 valence electrons. The van der Waals surface area contributed by atoms with Gasteiger partial charge in [-0.15, -0.1) is 0 Å². The van der Waals surface area contributed by atoms with E-state index in [1.54, 1.807) is 0 Å². The molecular weight excluding hydrogens is 202 g/mol. The first-order chi connectivity index (χ1) is 7.66. The van der Waals surface area contributed by atoms with E-state index in [4.69, 9.17) is 10.3 Å². The highest BCUT2D eigenvalue weighted by atomic mass is 16.5. The van der Waals surface area contributed by atoms with Gasteiger partial charge in [-0.25, -0.2) is 0 Å². The quantitative estimate of drug-likeness (QED) is 0.853. The lowest BCUT2D eigenvalue weighted by atomic mass is 10.1. The number of benzene rings is 1. The molecule has 16 heavy (non-hydrogen) atoms. The summed E-state index contributed by atoms with van der Waals surface area (Å²) >= 11 is 0. The lowest BCUT2D eigenvalue weighted by Crippen LogP contribution is -2.05. The van der Waals surface area contributed by atoms with Crippen molar-refractivity contribution < 1.29 is 4.52 Å². The maximum atomic E-state index is 5.65. The highest BCUT2D eigenvalue weighted by Gasteiger charge is 2.10. The third-order valence-electron chi connectivity index (χ3n) is 2.48. The van der Waals surface area contributed by atoms with Crippen LogP contribution in [0.1, 0.15) is 35.8 Å². The molecule has 1 aromatic heterocycles. The van der Waals surface area contributed by atoms with Crippen LogP contribution in [0.25, 0.3) is 0 Å². The molecule has 0 aliphatic rings. The Morgan fingerprint density at radius 2 is 2.12 bits per heavy atom. The van der Waals surface area contributed by atoms with Gasteiger partial charge in [0.05, 0.1) is 6.04 Å². The van der Waals surface area contributed by atoms with Crippen molar-refractivity contribution in [2.45, 2.75) is 26.3 Å². The summed E-state index contributed by atoms with van der Waals surface area (Å²) in [6, 6.07) is 7.95. The molecule has 1 heterocycles. The average Bonchev–Trinajstić information content (AvgIpc) is 2.70. The molecule has 4 heteroatoms. The maximum absolute atomic E-state index is 5.65. The van der Waals surface area contributed by atoms with E-state index in [1.165, 1.54) is 11.1 Å². The number of aromatic nitrogens is 2. The number of aryl methyl sites for hydroxylation is 1. The molecule has 1 atom stereocenters. The second-order valence-electron chi connectivity index (χ2n) is 3.94. The van der Waals surface area contributed by atoms with Crippen molar-refractivity contribution in [1.82, 2.24) is 10.1 Å². The van der Waals surface area contributed by atoms with Crippen LogP contribution in [0, 0.1) is 6.92 Å². The van der Waals surface area contributed by atoms with Gasteiger partial charge >= 0.3 is 0 Å². The second-order valence-corrected chi connectivity index (χ2v) is 3.94. The number of nitrogens with two attached hydrogens (primary N) is 1. The monoisotopic (exact) mass is 217 g/mol. The van der Waals surface area contributed by atoms with Gasteiger partial charge in [-0.1, -0.05) is 29.4 Å². The first kappa shape index (κ1) is 10.8. The van der Waals surface area contributed by atoms with Crippen molar-refractivity contribution in [3.8, 4) is 0 Å². The van der Waals surface area contributed by atoms with Crippen molar-refractivity contribution in [3.05, 3.63) is 47.1 Å². The van der Waals surface area contributed by atoms with Crippen molar-refractivity contribution >= 4 is 0 Å². The standard InChI is InChI=1S/C12H15N3O/c1-8-5-3-4-6-10(8)7-11-14-12(9(2)13)16-15-11/h3-6,9H,7,13H2,1-2H3/t9-/m0/s1. The minimum absolute atomic E-state index is 0.210. The molecule has 0 unspecified atom stereocenters. The van der Waals surface area contributed by atoms with Crippen LogP contribution < -0.4 is 5.73 Å². The zero-order chi connectivity index (χ0) is 11.5. The lowest BCUT2D eigenvalue weighted by Gasteiger charge is -2.00. The third-order valence-corrected chi connectivity index (χ3v) is 2.48. The van der Waals surface area contributed by atoms with Gasteiger partial charge in [0, 0.05) is 6.42 Å². The largest absolute Gasteiger partial charge is 0.338 e. The highest BCUT2D eigenvalue weighted by Crippen LogP contribution is 2.13. The molecule has 4 nitrogen and oxygen atoms in total. The van der Waals surface area contributed by atoms with Crippen molar-refractivity contribution in [3.63, 3.8) is 0 Å². The van der Waals surface area contributed by atoms with Gasteiger partial charge in [-0.3, -0.25) is 0 Å². The number of hydrogen-bond acceptors (Lipinski definition) is 4. The van der Waals surface area contributed by atoms with Gasteiger partial charge < -0.3 is 10.3 Å². The molecule has 0 spiro atoms. The highest BCUT2D eigenvalue weighted by molar-refractivity contribution is 5.27. The normalized spacial score (nSPS) is 12.7. The Kier molecular flexibility index (Phi) is 3.01. The molecule has 0 aliphatic heterocycles. The fourth-order valence-electron chi connectivity index (χ4n) is 1.50. The molecule has 2 N–H and O–H groups in total. The van der Waals surface area contributed by atoms with E-state index in [0.717, 1.165) is 0 Å². The summed E-state index contributed by atoms with van der Waals surface area (Å²) in [5, 5.41) is 3.91. The Balaban J connectivity index is 2.18. The zero-order valence-corrected chi connectivity index (χ0v) is 9.47. The number of rotatable bonds is 3. The second kappa shape index (κ2) is 4.45. The molecule has 0 amide bonds. The topological polar surface area (TPSA) is 64.9 Å². The van der Waals surface area contributed by atoms with E-state index in [0.29, 0.717) is 18.1 Å². The molecule has 0 bridgehead atoms. The predicted molar refractivity (Wildman–Crippen MR) is 60.9 cm³/mol. The van der Waals surface area contributed by atoms with Crippen molar-refractivity contribution in [2.75, 3.05) is 0 Å². The van der Waals surface area contributed by atoms with Gasteiger partial charge in [0.1, 0.15) is 0 Å². The smallest absolute Gasteiger partial charge is 0.243 e. The Labute approximate surface area is 94.5 Å². The Bertz CT molecular complexity index is 477. The summed E-state index contributed by atoms with van der Waals surface area (Å²) in [6.07, 6.45) is 0.683. The van der Waals surface area contributed by atoms with Crippen LogP contribution in [0.15, 0.2) is 28.8 Å². The number of hydrogen-bond donors (Lipinski definition) is 1. The third kappa shape index (κ3) is 2.28. The van der Waals surface area contributed by atoms with E-state index >= 15 is 0 Å². The van der Waals surface area contributed by atoms with Gasteiger partial charge in [0.2, 0.25) is 5.89 Å². The van der Waals surface area contributed by atoms with E-state index in [-0.39, 0.29) is 6.04 Å². The molecule has 0 radical (unpaired) electrons. The first-order valence-corrected chi connectivity index (χ1v) is 5.29. The summed E-state index contributed by atoms with van der Waals surface area (Å²) in [7, 11) is 0. The molecule has 0 fully saturated rings. The van der Waals surface area contributed by atoms with E-state index < -0.39 is 0 Å². The van der Waals surface area contributed by atoms with Crippen LogP contribution in [-0.4, -0.2) is 10.1 Å². The minimum atomic E-state index is -0.210. The van der Waals surface area contributed by atoms with Gasteiger partial charge in [0.15, 0.2) is 5.82 Å². The van der Waals surface area contributed by atoms with Crippen LogP contribution in [0.5, 0.6) is 0 Å². The zero-order valence-electron chi connectivity index (χ0n) is 9.47.